The highest BCUT2D eigenvalue weighted by atomic mass is 16.8. The predicted molar refractivity (Wildman–Crippen MR) is 150 cm³/mol. The molecule has 0 radical (unpaired) electrons. The molecule has 2 aliphatic heterocycles. The van der Waals surface area contributed by atoms with Crippen molar-refractivity contribution in [1.82, 2.24) is 0 Å². The molecule has 0 aliphatic carbocycles. The average molecular weight is 639 g/mol. The van der Waals surface area contributed by atoms with Crippen LogP contribution in [0.1, 0.15) is 0 Å². The molecule has 16 heteroatoms. The lowest BCUT2D eigenvalue weighted by Gasteiger charge is -2.45. The van der Waals surface area contributed by atoms with Crippen molar-refractivity contribution in [3.05, 3.63) is 46.6 Å². The molecule has 0 spiro atoms. The second-order valence-corrected chi connectivity index (χ2v) is 10.5. The first-order valence-electron chi connectivity index (χ1n) is 13.8. The van der Waals surface area contributed by atoms with Gasteiger partial charge >= 0.3 is 0 Å². The van der Waals surface area contributed by atoms with Gasteiger partial charge in [-0.2, -0.15) is 0 Å². The van der Waals surface area contributed by atoms with Gasteiger partial charge in [-0.05, 0) is 30.3 Å². The van der Waals surface area contributed by atoms with Gasteiger partial charge in [-0.25, -0.2) is 0 Å². The molecule has 0 saturated carbocycles. The van der Waals surface area contributed by atoms with Crippen molar-refractivity contribution in [1.29, 1.82) is 0 Å². The number of aliphatic hydroxyl groups excluding tert-OH is 7. The minimum atomic E-state index is -1.90. The van der Waals surface area contributed by atoms with Crippen molar-refractivity contribution >= 4 is 11.0 Å². The van der Waals surface area contributed by atoms with Crippen LogP contribution < -0.4 is 19.6 Å². The number of benzene rings is 2. The third kappa shape index (κ3) is 6.17. The van der Waals surface area contributed by atoms with Crippen molar-refractivity contribution in [2.45, 2.75) is 61.4 Å². The molecule has 0 amide bonds. The van der Waals surface area contributed by atoms with Gasteiger partial charge in [-0.3, -0.25) is 4.79 Å². The summed E-state index contributed by atoms with van der Waals surface area (Å²) in [4.78, 5) is 14.0. The molecule has 2 aliphatic rings. The molecule has 10 atom stereocenters. The Kier molecular flexibility index (Phi) is 9.80. The highest BCUT2D eigenvalue weighted by molar-refractivity contribution is 5.85. The van der Waals surface area contributed by atoms with Gasteiger partial charge in [0.05, 0.1) is 32.8 Å². The van der Waals surface area contributed by atoms with E-state index in [1.165, 1.54) is 50.6 Å². The quantitative estimate of drug-likeness (QED) is 0.129. The largest absolute Gasteiger partial charge is 0.508 e. The summed E-state index contributed by atoms with van der Waals surface area (Å²) in [5.74, 6) is -0.270. The molecule has 0 unspecified atom stereocenters. The smallest absolute Gasteiger partial charge is 0.235 e. The van der Waals surface area contributed by atoms with Crippen LogP contribution in [0.5, 0.6) is 23.0 Å². The Morgan fingerprint density at radius 2 is 1.33 bits per heavy atom. The standard InChI is InChI=1S/C29H34O16/c1-39-15-7-13-14(8-16(15)40-2)41-25(11-3-5-12(32)6-4-11)26(19(13)33)44-29-27(23(37)21(35)18(10-31)43-29)45-28-24(38)22(36)20(34)17(9-30)42-28/h3-8,17-18,20-24,27-32,34-38H,9-10H2,1-2H3/t17-,18-,20-,21+,22+,23+,24-,27-,28+,29+/m1/s1. The molecule has 5 rings (SSSR count). The summed E-state index contributed by atoms with van der Waals surface area (Å²) < 4.78 is 39.5. The van der Waals surface area contributed by atoms with Crippen LogP contribution in [0.4, 0.5) is 0 Å². The first-order chi connectivity index (χ1) is 21.5. The van der Waals surface area contributed by atoms with Gasteiger partial charge < -0.3 is 73.7 Å². The van der Waals surface area contributed by atoms with Gasteiger partial charge in [0, 0.05) is 11.6 Å². The lowest BCUT2D eigenvalue weighted by Crippen LogP contribution is -2.65. The van der Waals surface area contributed by atoms with Crippen molar-refractivity contribution in [3.63, 3.8) is 0 Å². The monoisotopic (exact) mass is 638 g/mol. The van der Waals surface area contributed by atoms with Crippen LogP contribution in [0.3, 0.4) is 0 Å². The van der Waals surface area contributed by atoms with Crippen LogP contribution in [-0.2, 0) is 14.2 Å². The van der Waals surface area contributed by atoms with Crippen LogP contribution in [0.25, 0.3) is 22.3 Å². The predicted octanol–water partition coefficient (Wildman–Crippen LogP) is -1.81. The second-order valence-electron chi connectivity index (χ2n) is 10.5. The first kappa shape index (κ1) is 32.8. The van der Waals surface area contributed by atoms with E-state index < -0.39 is 85.8 Å². The summed E-state index contributed by atoms with van der Waals surface area (Å²) in [6, 6.07) is 8.32. The van der Waals surface area contributed by atoms with Gasteiger partial charge in [0.1, 0.15) is 54.1 Å². The fourth-order valence-electron chi connectivity index (χ4n) is 5.16. The minimum absolute atomic E-state index is 0.0216. The molecule has 1 aromatic heterocycles. The van der Waals surface area contributed by atoms with E-state index >= 15 is 0 Å². The molecule has 2 saturated heterocycles. The van der Waals surface area contributed by atoms with Crippen molar-refractivity contribution in [2.24, 2.45) is 0 Å². The van der Waals surface area contributed by atoms with E-state index in [2.05, 4.69) is 0 Å². The molecule has 2 fully saturated rings. The maximum absolute atomic E-state index is 14.0. The van der Waals surface area contributed by atoms with E-state index in [1.807, 2.05) is 0 Å². The number of aliphatic hydroxyl groups is 7. The summed E-state index contributed by atoms with van der Waals surface area (Å²) in [6.45, 7) is -1.56. The molecule has 3 aromatic rings. The Morgan fingerprint density at radius 3 is 1.93 bits per heavy atom. The third-order valence-electron chi connectivity index (χ3n) is 7.68. The van der Waals surface area contributed by atoms with Crippen LogP contribution >= 0.6 is 0 Å². The zero-order valence-electron chi connectivity index (χ0n) is 24.0. The van der Waals surface area contributed by atoms with Gasteiger partial charge in [-0.1, -0.05) is 0 Å². The normalized spacial score (nSPS) is 31.9. The van der Waals surface area contributed by atoms with Gasteiger partial charge in [0.15, 0.2) is 29.7 Å². The van der Waals surface area contributed by atoms with E-state index in [9.17, 15) is 45.6 Å². The van der Waals surface area contributed by atoms with Crippen LogP contribution in [-0.4, -0.2) is 130 Å². The number of methoxy groups -OCH3 is 2. The number of fused-ring (bicyclic) bond motifs is 1. The number of hydrogen-bond acceptors (Lipinski definition) is 16. The molecule has 8 N–H and O–H groups in total. The summed E-state index contributed by atoms with van der Waals surface area (Å²) >= 11 is 0. The summed E-state index contributed by atoms with van der Waals surface area (Å²) in [5.41, 5.74) is -0.426. The Morgan fingerprint density at radius 1 is 0.756 bits per heavy atom. The number of phenolic OH excluding ortho intramolecular Hbond substituents is 1. The van der Waals surface area contributed by atoms with Crippen molar-refractivity contribution < 1.29 is 73.7 Å². The zero-order valence-corrected chi connectivity index (χ0v) is 24.0. The van der Waals surface area contributed by atoms with E-state index in [-0.39, 0.29) is 39.5 Å². The molecule has 246 valence electrons. The van der Waals surface area contributed by atoms with Crippen LogP contribution in [0.15, 0.2) is 45.6 Å². The van der Waals surface area contributed by atoms with E-state index in [0.29, 0.717) is 0 Å². The highest BCUT2D eigenvalue weighted by Gasteiger charge is 2.51. The number of hydrogen-bond donors (Lipinski definition) is 8. The third-order valence-corrected chi connectivity index (χ3v) is 7.68. The van der Waals surface area contributed by atoms with Crippen molar-refractivity contribution in [2.75, 3.05) is 27.4 Å². The molecule has 0 bridgehead atoms. The summed E-state index contributed by atoms with van der Waals surface area (Å²) in [6.07, 6.45) is -17.3. The number of ether oxygens (including phenoxy) is 6. The summed E-state index contributed by atoms with van der Waals surface area (Å²) in [5, 5.41) is 81.7. The Hall–Kier alpha value is -3.55. The highest BCUT2D eigenvalue weighted by Crippen LogP contribution is 2.38. The molecular formula is C29H34O16. The number of rotatable bonds is 9. The van der Waals surface area contributed by atoms with E-state index in [0.717, 1.165) is 0 Å². The summed E-state index contributed by atoms with van der Waals surface area (Å²) in [7, 11) is 2.76. The van der Waals surface area contributed by atoms with Crippen LogP contribution in [0, 0.1) is 0 Å². The lowest BCUT2D eigenvalue weighted by atomic mass is 9.97. The van der Waals surface area contributed by atoms with Crippen molar-refractivity contribution in [3.8, 4) is 34.3 Å². The lowest BCUT2D eigenvalue weighted by molar-refractivity contribution is -0.358. The number of phenols is 1. The van der Waals surface area contributed by atoms with Gasteiger partial charge in [-0.15, -0.1) is 0 Å². The Balaban J connectivity index is 1.61. The topological polar surface area (TPSA) is 247 Å². The molecule has 3 heterocycles. The van der Waals surface area contributed by atoms with Gasteiger partial charge in [0.25, 0.3) is 0 Å². The zero-order chi connectivity index (χ0) is 32.6. The Bertz CT molecular complexity index is 1520. The maximum atomic E-state index is 14.0. The average Bonchev–Trinajstić information content (AvgIpc) is 3.05. The molecule has 2 aromatic carbocycles. The fourth-order valence-corrected chi connectivity index (χ4v) is 5.16. The number of aromatic hydroxyl groups is 1. The fraction of sp³-hybridized carbons (Fsp3) is 0.483. The molecular weight excluding hydrogens is 604 g/mol. The first-order valence-corrected chi connectivity index (χ1v) is 13.8. The van der Waals surface area contributed by atoms with E-state index in [1.54, 1.807) is 0 Å². The second kappa shape index (κ2) is 13.4. The molecule has 16 nitrogen and oxygen atoms in total. The van der Waals surface area contributed by atoms with Gasteiger partial charge in [0.2, 0.25) is 17.5 Å². The minimum Gasteiger partial charge on any atom is -0.508 e. The molecule has 45 heavy (non-hydrogen) atoms. The van der Waals surface area contributed by atoms with Crippen LogP contribution in [0.2, 0.25) is 0 Å². The Labute approximate surface area is 254 Å². The van der Waals surface area contributed by atoms with E-state index in [4.69, 9.17) is 32.8 Å². The maximum Gasteiger partial charge on any atom is 0.235 e. The SMILES string of the molecule is COc1cc2oc(-c3ccc(O)cc3)c(O[C@@H]3O[C@H](CO)[C@H](O)[C@H](O)[C@H]3O[C@@H]3O[C@H](CO)[C@@H](O)[C@H](O)[C@H]3O)c(=O)c2cc1OC.